The zero-order valence-corrected chi connectivity index (χ0v) is 9.53. The van der Waals surface area contributed by atoms with Crippen LogP contribution in [0.1, 0.15) is 35.6 Å². The van der Waals surface area contributed by atoms with Crippen molar-refractivity contribution in [2.24, 2.45) is 5.92 Å². The number of hydrogen-bond acceptors (Lipinski definition) is 3. The molecule has 82 valence electrons. The molecule has 1 aromatic rings. The lowest BCUT2D eigenvalue weighted by atomic mass is 10.2. The monoisotopic (exact) mass is 207 g/mol. The second-order valence-electron chi connectivity index (χ2n) is 4.68. The molecule has 0 spiro atoms. The number of carbonyl (C=O) groups excluding carboxylic acids is 1. The summed E-state index contributed by atoms with van der Waals surface area (Å²) in [4.78, 5) is 13.2. The van der Waals surface area contributed by atoms with Crippen LogP contribution >= 0.6 is 0 Å². The molecule has 0 fully saturated rings. The van der Waals surface area contributed by atoms with Gasteiger partial charge >= 0.3 is 0 Å². The van der Waals surface area contributed by atoms with Gasteiger partial charge in [-0.05, 0) is 13.0 Å². The summed E-state index contributed by atoms with van der Waals surface area (Å²) in [6.07, 6.45) is 0.938. The van der Waals surface area contributed by atoms with E-state index in [1.165, 1.54) is 0 Å². The lowest BCUT2D eigenvalue weighted by Gasteiger charge is -2.10. The van der Waals surface area contributed by atoms with Crippen molar-refractivity contribution in [2.75, 3.05) is 7.05 Å². The molecule has 1 aromatic heterocycles. The molecule has 0 aliphatic carbocycles. The Kier molecular flexibility index (Phi) is 2.61. The molecule has 2 heterocycles. The largest absolute Gasteiger partial charge is 0.296 e. The second kappa shape index (κ2) is 3.77. The highest BCUT2D eigenvalue weighted by Gasteiger charge is 2.24. The zero-order valence-electron chi connectivity index (χ0n) is 9.53. The predicted octanol–water partition coefficient (Wildman–Crippen LogP) is 1.30. The van der Waals surface area contributed by atoms with E-state index in [9.17, 15) is 4.79 Å². The third-order valence-corrected chi connectivity index (χ3v) is 2.67. The molecule has 1 aliphatic rings. The van der Waals surface area contributed by atoms with Gasteiger partial charge in [-0.25, -0.2) is 0 Å². The lowest BCUT2D eigenvalue weighted by molar-refractivity contribution is 0.111. The number of nitrogens with zero attached hydrogens (tertiary/aromatic N) is 3. The predicted molar refractivity (Wildman–Crippen MR) is 57.6 cm³/mol. The van der Waals surface area contributed by atoms with E-state index >= 15 is 0 Å². The Labute approximate surface area is 89.9 Å². The summed E-state index contributed by atoms with van der Waals surface area (Å²) in [5.74, 6) is 0.515. The van der Waals surface area contributed by atoms with Crippen LogP contribution in [0, 0.1) is 5.92 Å². The van der Waals surface area contributed by atoms with Gasteiger partial charge in [0, 0.05) is 25.2 Å². The highest BCUT2D eigenvalue weighted by molar-refractivity contribution is 5.75. The second-order valence-corrected chi connectivity index (χ2v) is 4.68. The molecule has 1 aliphatic heterocycles. The van der Waals surface area contributed by atoms with Crippen molar-refractivity contribution < 1.29 is 4.79 Å². The van der Waals surface area contributed by atoms with Gasteiger partial charge in [-0.15, -0.1) is 0 Å². The van der Waals surface area contributed by atoms with Crippen LogP contribution in [-0.4, -0.2) is 28.0 Å². The molecule has 0 bridgehead atoms. The molecular formula is C11H17N3O. The Morgan fingerprint density at radius 2 is 2.20 bits per heavy atom. The Morgan fingerprint density at radius 1 is 1.47 bits per heavy atom. The average molecular weight is 207 g/mol. The van der Waals surface area contributed by atoms with Crippen LogP contribution < -0.4 is 0 Å². The molecule has 0 atom stereocenters. The molecule has 4 nitrogen and oxygen atoms in total. The summed E-state index contributed by atoms with van der Waals surface area (Å²) in [6, 6.07) is 0. The van der Waals surface area contributed by atoms with Crippen LogP contribution in [-0.2, 0) is 19.6 Å². The lowest BCUT2D eigenvalue weighted by Crippen LogP contribution is -2.15. The fourth-order valence-corrected chi connectivity index (χ4v) is 2.06. The molecule has 0 unspecified atom stereocenters. The van der Waals surface area contributed by atoms with Crippen molar-refractivity contribution in [1.29, 1.82) is 0 Å². The van der Waals surface area contributed by atoms with Crippen molar-refractivity contribution in [3.05, 3.63) is 17.0 Å². The van der Waals surface area contributed by atoms with Crippen LogP contribution in [0.25, 0.3) is 0 Å². The summed E-state index contributed by atoms with van der Waals surface area (Å²) in [6.45, 7) is 6.80. The molecule has 15 heavy (non-hydrogen) atoms. The van der Waals surface area contributed by atoms with Gasteiger partial charge in [-0.2, -0.15) is 5.10 Å². The number of aromatic nitrogens is 2. The van der Waals surface area contributed by atoms with Gasteiger partial charge in [-0.3, -0.25) is 14.4 Å². The van der Waals surface area contributed by atoms with E-state index in [1.54, 1.807) is 0 Å². The molecule has 0 aromatic carbocycles. The summed E-state index contributed by atoms with van der Waals surface area (Å²) >= 11 is 0. The maximum Gasteiger partial charge on any atom is 0.168 e. The van der Waals surface area contributed by atoms with Gasteiger partial charge in [0.25, 0.3) is 0 Å². The average Bonchev–Trinajstić information content (AvgIpc) is 2.59. The van der Waals surface area contributed by atoms with E-state index in [1.807, 2.05) is 11.7 Å². The summed E-state index contributed by atoms with van der Waals surface area (Å²) < 4.78 is 1.86. The van der Waals surface area contributed by atoms with Crippen LogP contribution in [0.5, 0.6) is 0 Å². The van der Waals surface area contributed by atoms with E-state index < -0.39 is 0 Å². The van der Waals surface area contributed by atoms with Crippen molar-refractivity contribution in [3.63, 3.8) is 0 Å². The fourth-order valence-electron chi connectivity index (χ4n) is 2.06. The van der Waals surface area contributed by atoms with Crippen LogP contribution in [0.15, 0.2) is 0 Å². The molecule has 2 rings (SSSR count). The molecule has 0 N–H and O–H groups in total. The van der Waals surface area contributed by atoms with E-state index in [4.69, 9.17) is 0 Å². The van der Waals surface area contributed by atoms with Gasteiger partial charge in [0.15, 0.2) is 6.29 Å². The Morgan fingerprint density at radius 3 is 2.80 bits per heavy atom. The minimum atomic E-state index is 0.515. The summed E-state index contributed by atoms with van der Waals surface area (Å²) in [5, 5.41) is 4.50. The first-order valence-corrected chi connectivity index (χ1v) is 5.34. The molecule has 0 amide bonds. The quantitative estimate of drug-likeness (QED) is 0.701. The Hall–Kier alpha value is -1.16. The summed E-state index contributed by atoms with van der Waals surface area (Å²) in [7, 11) is 2.04. The van der Waals surface area contributed by atoms with Crippen LogP contribution in [0.4, 0.5) is 0 Å². The first-order valence-electron chi connectivity index (χ1n) is 5.34. The minimum absolute atomic E-state index is 0.515. The van der Waals surface area contributed by atoms with E-state index in [2.05, 4.69) is 23.8 Å². The third kappa shape index (κ3) is 1.81. The smallest absolute Gasteiger partial charge is 0.168 e. The van der Waals surface area contributed by atoms with Gasteiger partial charge in [0.1, 0.15) is 5.69 Å². The standard InChI is InChI=1S/C11H17N3O/c1-8(2)4-14-11(7-15)9-5-13(3)6-10(9)12-14/h7-8H,4-6H2,1-3H3. The molecule has 0 saturated carbocycles. The van der Waals surface area contributed by atoms with E-state index in [0.29, 0.717) is 5.92 Å². The van der Waals surface area contributed by atoms with Gasteiger partial charge in [0.2, 0.25) is 0 Å². The van der Waals surface area contributed by atoms with Crippen molar-refractivity contribution in [1.82, 2.24) is 14.7 Å². The molecule has 4 heteroatoms. The number of rotatable bonds is 3. The van der Waals surface area contributed by atoms with Crippen LogP contribution in [0.3, 0.4) is 0 Å². The Bertz CT molecular complexity index is 381. The third-order valence-electron chi connectivity index (χ3n) is 2.67. The molecular weight excluding hydrogens is 190 g/mol. The van der Waals surface area contributed by atoms with Gasteiger partial charge < -0.3 is 0 Å². The van der Waals surface area contributed by atoms with Crippen molar-refractivity contribution in [2.45, 2.75) is 33.5 Å². The SMILES string of the molecule is CC(C)Cn1nc2c(c1C=O)CN(C)C2. The Balaban J connectivity index is 2.34. The van der Waals surface area contributed by atoms with Crippen molar-refractivity contribution >= 4 is 6.29 Å². The zero-order chi connectivity index (χ0) is 11.0. The van der Waals surface area contributed by atoms with Gasteiger partial charge in [-0.1, -0.05) is 13.8 Å². The highest BCUT2D eigenvalue weighted by Crippen LogP contribution is 2.23. The van der Waals surface area contributed by atoms with E-state index in [-0.39, 0.29) is 0 Å². The first kappa shape index (κ1) is 10.4. The van der Waals surface area contributed by atoms with Crippen LogP contribution in [0.2, 0.25) is 0 Å². The molecule has 0 radical (unpaired) electrons. The summed E-state index contributed by atoms with van der Waals surface area (Å²) in [5.41, 5.74) is 2.96. The van der Waals surface area contributed by atoms with E-state index in [0.717, 1.165) is 42.9 Å². The number of fused-ring (bicyclic) bond motifs is 1. The van der Waals surface area contributed by atoms with Gasteiger partial charge in [0.05, 0.1) is 5.69 Å². The normalized spacial score (nSPS) is 16.0. The topological polar surface area (TPSA) is 38.1 Å². The number of aldehydes is 1. The maximum absolute atomic E-state index is 11.1. The number of hydrogen-bond donors (Lipinski definition) is 0. The highest BCUT2D eigenvalue weighted by atomic mass is 16.1. The maximum atomic E-state index is 11.1. The molecule has 0 saturated heterocycles. The number of carbonyl (C=O) groups is 1. The first-order chi connectivity index (χ1) is 7.11. The van der Waals surface area contributed by atoms with Crippen molar-refractivity contribution in [3.8, 4) is 0 Å². The minimum Gasteiger partial charge on any atom is -0.296 e. The fraction of sp³-hybridized carbons (Fsp3) is 0.636.